The van der Waals surface area contributed by atoms with E-state index in [4.69, 9.17) is 0 Å². The number of hydrogen-bond acceptors (Lipinski definition) is 3. The molecular weight excluding hydrogens is 256 g/mol. The van der Waals surface area contributed by atoms with Crippen molar-refractivity contribution < 1.29 is 10.2 Å². The van der Waals surface area contributed by atoms with Gasteiger partial charge in [-0.1, -0.05) is 24.8 Å². The highest BCUT2D eigenvalue weighted by molar-refractivity contribution is 8.03. The summed E-state index contributed by atoms with van der Waals surface area (Å²) in [5.41, 5.74) is 2.80. The van der Waals surface area contributed by atoms with Crippen LogP contribution in [0.5, 0.6) is 5.75 Å². The van der Waals surface area contributed by atoms with Crippen molar-refractivity contribution in [3.63, 3.8) is 0 Å². The van der Waals surface area contributed by atoms with Gasteiger partial charge in [-0.3, -0.25) is 0 Å². The van der Waals surface area contributed by atoms with E-state index in [1.54, 1.807) is 11.8 Å². The van der Waals surface area contributed by atoms with Crippen LogP contribution in [0, 0.1) is 19.8 Å². The monoisotopic (exact) mass is 276 g/mol. The molecule has 0 bridgehead atoms. The normalized spacial score (nSPS) is 23.0. The van der Waals surface area contributed by atoms with Crippen LogP contribution >= 0.6 is 11.8 Å². The molecule has 0 heterocycles. The first kappa shape index (κ1) is 14.2. The summed E-state index contributed by atoms with van der Waals surface area (Å²) in [6, 6.07) is 3.99. The van der Waals surface area contributed by atoms with Crippen LogP contribution in [0.15, 0.2) is 39.7 Å². The lowest BCUT2D eigenvalue weighted by Gasteiger charge is -2.22. The highest BCUT2D eigenvalue weighted by Gasteiger charge is 2.19. The predicted octanol–water partition coefficient (Wildman–Crippen LogP) is 3.94. The minimum atomic E-state index is -0.368. The lowest BCUT2D eigenvalue weighted by Crippen LogP contribution is -2.20. The van der Waals surface area contributed by atoms with E-state index in [0.29, 0.717) is 5.75 Å². The molecule has 1 aliphatic rings. The summed E-state index contributed by atoms with van der Waals surface area (Å²) >= 11 is 1.67. The van der Waals surface area contributed by atoms with Crippen LogP contribution in [0.1, 0.15) is 25.0 Å². The topological polar surface area (TPSA) is 40.5 Å². The zero-order valence-corrected chi connectivity index (χ0v) is 12.6. The highest BCUT2D eigenvalue weighted by Crippen LogP contribution is 2.36. The lowest BCUT2D eigenvalue weighted by atomic mass is 9.94. The van der Waals surface area contributed by atoms with E-state index >= 15 is 0 Å². The molecule has 0 aromatic heterocycles. The first-order chi connectivity index (χ1) is 8.88. The van der Waals surface area contributed by atoms with Gasteiger partial charge < -0.3 is 10.2 Å². The molecule has 2 nitrogen and oxygen atoms in total. The maximum absolute atomic E-state index is 9.90. The van der Waals surface area contributed by atoms with Crippen molar-refractivity contribution in [2.45, 2.75) is 38.7 Å². The van der Waals surface area contributed by atoms with Gasteiger partial charge in [0.1, 0.15) is 5.75 Å². The zero-order chi connectivity index (χ0) is 14.2. The van der Waals surface area contributed by atoms with Crippen LogP contribution in [0.4, 0.5) is 0 Å². The second-order valence-corrected chi connectivity index (χ2v) is 6.42. The molecule has 0 saturated carbocycles. The number of allylic oxidation sites excluding steroid dienone is 1. The molecule has 1 aromatic carbocycles. The van der Waals surface area contributed by atoms with Crippen LogP contribution in [-0.2, 0) is 0 Å². The standard InChI is InChI=1S/C16H20O2S/c1-9-5-13(6-10(2)15(9)17)19-14-7-11(3)16(18)12(4)8-14/h5-9,15,17-18H,1-4H3. The van der Waals surface area contributed by atoms with E-state index in [0.717, 1.165) is 26.5 Å². The Morgan fingerprint density at radius 3 is 2.21 bits per heavy atom. The minimum absolute atomic E-state index is 0.145. The number of aromatic hydroxyl groups is 1. The average molecular weight is 276 g/mol. The zero-order valence-electron chi connectivity index (χ0n) is 11.8. The van der Waals surface area contributed by atoms with Crippen LogP contribution in [-0.4, -0.2) is 16.3 Å². The van der Waals surface area contributed by atoms with Crippen molar-refractivity contribution in [1.82, 2.24) is 0 Å². The number of phenolic OH excluding ortho intramolecular Hbond substituents is 1. The van der Waals surface area contributed by atoms with E-state index in [-0.39, 0.29) is 12.0 Å². The molecule has 1 aliphatic carbocycles. The Bertz CT molecular complexity index is 535. The van der Waals surface area contributed by atoms with Crippen LogP contribution in [0.3, 0.4) is 0 Å². The van der Waals surface area contributed by atoms with Crippen molar-refractivity contribution in [3.8, 4) is 5.75 Å². The van der Waals surface area contributed by atoms with Gasteiger partial charge in [0.05, 0.1) is 6.10 Å². The fourth-order valence-corrected chi connectivity index (χ4v) is 3.57. The Morgan fingerprint density at radius 1 is 1.11 bits per heavy atom. The van der Waals surface area contributed by atoms with Gasteiger partial charge in [0.25, 0.3) is 0 Å². The summed E-state index contributed by atoms with van der Waals surface area (Å²) in [5, 5.41) is 19.7. The van der Waals surface area contributed by atoms with E-state index < -0.39 is 0 Å². The summed E-state index contributed by atoms with van der Waals surface area (Å²) in [5.74, 6) is 0.518. The molecule has 0 amide bonds. The lowest BCUT2D eigenvalue weighted by molar-refractivity contribution is 0.171. The number of hydrogen-bond donors (Lipinski definition) is 2. The number of aliphatic hydroxyl groups is 1. The van der Waals surface area contributed by atoms with E-state index in [9.17, 15) is 10.2 Å². The molecule has 0 saturated heterocycles. The third-order valence-corrected chi connectivity index (χ3v) is 4.42. The molecule has 102 valence electrons. The quantitative estimate of drug-likeness (QED) is 0.859. The second kappa shape index (κ2) is 5.43. The fraction of sp³-hybridized carbons (Fsp3) is 0.375. The summed E-state index contributed by atoms with van der Waals surface area (Å²) in [6.07, 6.45) is 3.76. The van der Waals surface area contributed by atoms with Gasteiger partial charge in [0.15, 0.2) is 0 Å². The number of rotatable bonds is 2. The molecule has 0 spiro atoms. The van der Waals surface area contributed by atoms with Gasteiger partial charge in [-0.05, 0) is 55.7 Å². The van der Waals surface area contributed by atoms with Crippen LogP contribution in [0.25, 0.3) is 0 Å². The second-order valence-electron chi connectivity index (χ2n) is 5.27. The molecule has 0 aliphatic heterocycles. The van der Waals surface area contributed by atoms with E-state index in [1.807, 2.05) is 45.9 Å². The molecule has 2 unspecified atom stereocenters. The fourth-order valence-electron chi connectivity index (χ4n) is 2.30. The Hall–Kier alpha value is -1.19. The Labute approximate surface area is 118 Å². The maximum Gasteiger partial charge on any atom is 0.121 e. The third kappa shape index (κ3) is 3.04. The Balaban J connectivity index is 2.25. The van der Waals surface area contributed by atoms with Crippen LogP contribution < -0.4 is 0 Å². The highest BCUT2D eigenvalue weighted by atomic mass is 32.2. The number of thioether (sulfide) groups is 1. The summed E-state index contributed by atoms with van der Waals surface area (Å²) in [6.45, 7) is 7.81. The summed E-state index contributed by atoms with van der Waals surface area (Å²) in [4.78, 5) is 2.27. The van der Waals surface area contributed by atoms with Crippen molar-refractivity contribution in [2.24, 2.45) is 5.92 Å². The SMILES string of the molecule is CC1=CC(Sc2cc(C)c(O)c(C)c2)=CC(C)C1O. The first-order valence-electron chi connectivity index (χ1n) is 6.44. The van der Waals surface area contributed by atoms with Crippen molar-refractivity contribution >= 4 is 11.8 Å². The Kier molecular flexibility index (Phi) is 4.07. The summed E-state index contributed by atoms with van der Waals surface area (Å²) in [7, 11) is 0. The van der Waals surface area contributed by atoms with Gasteiger partial charge >= 0.3 is 0 Å². The third-order valence-electron chi connectivity index (χ3n) is 3.46. The van der Waals surface area contributed by atoms with E-state index in [2.05, 4.69) is 6.08 Å². The summed E-state index contributed by atoms with van der Waals surface area (Å²) < 4.78 is 0. The number of aryl methyl sites for hydroxylation is 2. The van der Waals surface area contributed by atoms with Gasteiger partial charge in [-0.25, -0.2) is 0 Å². The van der Waals surface area contributed by atoms with Gasteiger partial charge in [-0.15, -0.1) is 0 Å². The van der Waals surface area contributed by atoms with Crippen molar-refractivity contribution in [1.29, 1.82) is 0 Å². The predicted molar refractivity (Wildman–Crippen MR) is 80.4 cm³/mol. The largest absolute Gasteiger partial charge is 0.507 e. The van der Waals surface area contributed by atoms with Crippen molar-refractivity contribution in [3.05, 3.63) is 45.9 Å². The molecule has 19 heavy (non-hydrogen) atoms. The molecule has 2 rings (SSSR count). The Morgan fingerprint density at radius 2 is 1.68 bits per heavy atom. The smallest absolute Gasteiger partial charge is 0.121 e. The molecule has 0 fully saturated rings. The molecule has 0 radical (unpaired) electrons. The van der Waals surface area contributed by atoms with Crippen LogP contribution in [0.2, 0.25) is 0 Å². The molecule has 3 heteroatoms. The number of benzene rings is 1. The molecule has 2 atom stereocenters. The number of phenols is 1. The minimum Gasteiger partial charge on any atom is -0.507 e. The van der Waals surface area contributed by atoms with E-state index in [1.165, 1.54) is 0 Å². The van der Waals surface area contributed by atoms with Gasteiger partial charge in [0.2, 0.25) is 0 Å². The number of aliphatic hydroxyl groups excluding tert-OH is 1. The van der Waals surface area contributed by atoms with Crippen molar-refractivity contribution in [2.75, 3.05) is 0 Å². The first-order valence-corrected chi connectivity index (χ1v) is 7.26. The van der Waals surface area contributed by atoms with Gasteiger partial charge in [0, 0.05) is 15.7 Å². The molecule has 1 aromatic rings. The van der Waals surface area contributed by atoms with Gasteiger partial charge in [-0.2, -0.15) is 0 Å². The molecular formula is C16H20O2S. The molecule has 2 N–H and O–H groups in total. The average Bonchev–Trinajstić information content (AvgIpc) is 2.33. The maximum atomic E-state index is 9.90.